The number of phenols is 2. The lowest BCUT2D eigenvalue weighted by Gasteiger charge is -2.05. The highest BCUT2D eigenvalue weighted by Crippen LogP contribution is 2.20. The highest BCUT2D eigenvalue weighted by Gasteiger charge is 2.10. The first-order valence-corrected chi connectivity index (χ1v) is 6.82. The summed E-state index contributed by atoms with van der Waals surface area (Å²) in [6, 6.07) is 3.60. The first-order chi connectivity index (χ1) is 9.95. The summed E-state index contributed by atoms with van der Waals surface area (Å²) in [6.45, 7) is 0.266. The molecule has 0 saturated heterocycles. The Balaban J connectivity index is 1.90. The van der Waals surface area contributed by atoms with Gasteiger partial charge in [-0.2, -0.15) is 0 Å². The molecule has 2 rings (SSSR count). The molecule has 0 bridgehead atoms. The van der Waals surface area contributed by atoms with Gasteiger partial charge < -0.3 is 20.6 Å². The summed E-state index contributed by atoms with van der Waals surface area (Å²) in [7, 11) is 0. The van der Waals surface area contributed by atoms with Crippen LogP contribution in [0.1, 0.15) is 25.9 Å². The topological polar surface area (TPSA) is 120 Å². The van der Waals surface area contributed by atoms with Crippen molar-refractivity contribution in [2.75, 3.05) is 6.54 Å². The number of carbonyl (C=O) groups is 2. The normalized spacial score (nSPS) is 10.3. The van der Waals surface area contributed by atoms with Gasteiger partial charge in [0.25, 0.3) is 5.91 Å². The Morgan fingerprint density at radius 3 is 2.43 bits per heavy atom. The molecule has 1 aromatic heterocycles. The highest BCUT2D eigenvalue weighted by molar-refractivity contribution is 7.09. The summed E-state index contributed by atoms with van der Waals surface area (Å²) >= 11 is 1.21. The molecule has 110 valence electrons. The fourth-order valence-corrected chi connectivity index (χ4v) is 2.41. The standard InChI is InChI=1S/C13H12N2O5S/c16-8-3-7(4-9(17)5-8)12(18)14-2-1-11-15-10(6-21-11)13(19)20/h3-6,16-17H,1-2H2,(H,14,18)(H,19,20). The minimum atomic E-state index is -1.09. The Morgan fingerprint density at radius 2 is 1.86 bits per heavy atom. The van der Waals surface area contributed by atoms with Crippen LogP contribution >= 0.6 is 11.3 Å². The van der Waals surface area contributed by atoms with Gasteiger partial charge in [0.2, 0.25) is 0 Å². The lowest BCUT2D eigenvalue weighted by Crippen LogP contribution is -2.25. The van der Waals surface area contributed by atoms with Crippen molar-refractivity contribution in [3.8, 4) is 11.5 Å². The minimum Gasteiger partial charge on any atom is -0.508 e. The van der Waals surface area contributed by atoms with Gasteiger partial charge in [-0.15, -0.1) is 11.3 Å². The zero-order chi connectivity index (χ0) is 15.4. The van der Waals surface area contributed by atoms with E-state index in [-0.39, 0.29) is 29.3 Å². The van der Waals surface area contributed by atoms with Crippen molar-refractivity contribution in [3.05, 3.63) is 39.8 Å². The number of amides is 1. The van der Waals surface area contributed by atoms with Gasteiger partial charge in [0, 0.05) is 30.0 Å². The molecule has 7 nitrogen and oxygen atoms in total. The van der Waals surface area contributed by atoms with Crippen LogP contribution in [0, 0.1) is 0 Å². The number of hydrogen-bond donors (Lipinski definition) is 4. The van der Waals surface area contributed by atoms with Crippen molar-refractivity contribution >= 4 is 23.2 Å². The van der Waals surface area contributed by atoms with Crippen LogP contribution in [0.25, 0.3) is 0 Å². The molecule has 0 atom stereocenters. The Kier molecular flexibility index (Phi) is 4.39. The molecule has 0 saturated carbocycles. The van der Waals surface area contributed by atoms with E-state index in [2.05, 4.69) is 10.3 Å². The van der Waals surface area contributed by atoms with Gasteiger partial charge in [-0.25, -0.2) is 9.78 Å². The third-order valence-electron chi connectivity index (χ3n) is 2.56. The third-order valence-corrected chi connectivity index (χ3v) is 3.47. The summed E-state index contributed by atoms with van der Waals surface area (Å²) in [5, 5.41) is 32.0. The first kappa shape index (κ1) is 14.8. The van der Waals surface area contributed by atoms with Crippen molar-refractivity contribution in [1.29, 1.82) is 0 Å². The number of carboxylic acids is 1. The van der Waals surface area contributed by atoms with E-state index in [1.54, 1.807) is 0 Å². The van der Waals surface area contributed by atoms with Gasteiger partial charge in [-0.05, 0) is 12.1 Å². The fourth-order valence-electron chi connectivity index (χ4n) is 1.64. The lowest BCUT2D eigenvalue weighted by molar-refractivity contribution is 0.0690. The van der Waals surface area contributed by atoms with E-state index in [0.717, 1.165) is 6.07 Å². The molecule has 21 heavy (non-hydrogen) atoms. The molecule has 1 amide bonds. The number of nitrogens with one attached hydrogen (secondary N) is 1. The number of rotatable bonds is 5. The predicted molar refractivity (Wildman–Crippen MR) is 74.9 cm³/mol. The first-order valence-electron chi connectivity index (χ1n) is 5.94. The summed E-state index contributed by atoms with van der Waals surface area (Å²) in [5.41, 5.74) is 0.122. The van der Waals surface area contributed by atoms with Crippen molar-refractivity contribution in [1.82, 2.24) is 10.3 Å². The Morgan fingerprint density at radius 1 is 1.19 bits per heavy atom. The number of phenolic OH excluding ortho intramolecular Hbond substituents is 2. The second-order valence-electron chi connectivity index (χ2n) is 4.18. The zero-order valence-electron chi connectivity index (χ0n) is 10.7. The third kappa shape index (κ3) is 3.93. The molecule has 0 aliphatic rings. The van der Waals surface area contributed by atoms with Crippen LogP contribution in [0.5, 0.6) is 11.5 Å². The van der Waals surface area contributed by atoms with Crippen molar-refractivity contribution in [2.45, 2.75) is 6.42 Å². The second kappa shape index (κ2) is 6.23. The number of benzene rings is 1. The summed E-state index contributed by atoms with van der Waals surface area (Å²) in [4.78, 5) is 26.4. The summed E-state index contributed by atoms with van der Waals surface area (Å²) < 4.78 is 0. The van der Waals surface area contributed by atoms with Gasteiger partial charge in [0.05, 0.1) is 5.01 Å². The Hall–Kier alpha value is -2.61. The number of carboxylic acid groups (broad SMARTS) is 1. The van der Waals surface area contributed by atoms with Crippen molar-refractivity contribution in [2.24, 2.45) is 0 Å². The summed E-state index contributed by atoms with van der Waals surface area (Å²) in [6.07, 6.45) is 0.397. The number of thiazole rings is 1. The largest absolute Gasteiger partial charge is 0.508 e. The minimum absolute atomic E-state index is 0.0146. The molecule has 0 spiro atoms. The van der Waals surface area contributed by atoms with E-state index in [1.165, 1.54) is 28.8 Å². The predicted octanol–water partition coefficient (Wildman–Crippen LogP) is 1.23. The molecular weight excluding hydrogens is 296 g/mol. The molecule has 0 unspecified atom stereocenters. The zero-order valence-corrected chi connectivity index (χ0v) is 11.6. The van der Waals surface area contributed by atoms with Crippen molar-refractivity contribution < 1.29 is 24.9 Å². The van der Waals surface area contributed by atoms with Gasteiger partial charge in [0.1, 0.15) is 11.5 Å². The van der Waals surface area contributed by atoms with Crippen molar-refractivity contribution in [3.63, 3.8) is 0 Å². The number of nitrogens with zero attached hydrogens (tertiary/aromatic N) is 1. The molecule has 0 radical (unpaired) electrons. The maximum absolute atomic E-state index is 11.8. The smallest absolute Gasteiger partial charge is 0.355 e. The number of hydrogen-bond acceptors (Lipinski definition) is 6. The van der Waals surface area contributed by atoms with Gasteiger partial charge >= 0.3 is 5.97 Å². The lowest BCUT2D eigenvalue weighted by atomic mass is 10.2. The molecule has 0 aliphatic heterocycles. The van der Waals surface area contributed by atoms with Crippen LogP contribution < -0.4 is 5.32 Å². The van der Waals surface area contributed by atoms with Crippen LogP contribution in [0.2, 0.25) is 0 Å². The average Bonchev–Trinajstić information content (AvgIpc) is 2.86. The van der Waals surface area contributed by atoms with E-state index in [4.69, 9.17) is 5.11 Å². The molecule has 2 aromatic rings. The van der Waals surface area contributed by atoms with Crippen LogP contribution in [0.3, 0.4) is 0 Å². The second-order valence-corrected chi connectivity index (χ2v) is 5.12. The van der Waals surface area contributed by atoms with Gasteiger partial charge in [-0.3, -0.25) is 4.79 Å². The van der Waals surface area contributed by atoms with Gasteiger partial charge in [0.15, 0.2) is 5.69 Å². The number of aromatic carboxylic acids is 1. The van der Waals surface area contributed by atoms with Gasteiger partial charge in [-0.1, -0.05) is 0 Å². The maximum atomic E-state index is 11.8. The molecule has 0 aliphatic carbocycles. The number of carbonyl (C=O) groups excluding carboxylic acids is 1. The molecular formula is C13H12N2O5S. The highest BCUT2D eigenvalue weighted by atomic mass is 32.1. The van der Waals surface area contributed by atoms with Crippen LogP contribution in [0.15, 0.2) is 23.6 Å². The van der Waals surface area contributed by atoms with Crippen LogP contribution in [-0.4, -0.2) is 38.7 Å². The van der Waals surface area contributed by atoms with E-state index >= 15 is 0 Å². The monoisotopic (exact) mass is 308 g/mol. The number of aromatic nitrogens is 1. The maximum Gasteiger partial charge on any atom is 0.355 e. The fraction of sp³-hybridized carbons (Fsp3) is 0.154. The van der Waals surface area contributed by atoms with E-state index in [1.807, 2.05) is 0 Å². The number of aromatic hydroxyl groups is 2. The molecule has 8 heteroatoms. The Labute approximate surface area is 123 Å². The Bertz CT molecular complexity index is 663. The van der Waals surface area contributed by atoms with E-state index < -0.39 is 11.9 Å². The molecule has 4 N–H and O–H groups in total. The molecule has 1 heterocycles. The summed E-state index contributed by atoms with van der Waals surface area (Å²) in [5.74, 6) is -1.94. The molecule has 0 fully saturated rings. The quantitative estimate of drug-likeness (QED) is 0.659. The average molecular weight is 308 g/mol. The van der Waals surface area contributed by atoms with E-state index in [9.17, 15) is 19.8 Å². The van der Waals surface area contributed by atoms with Crippen LogP contribution in [-0.2, 0) is 6.42 Å². The molecule has 1 aromatic carbocycles. The SMILES string of the molecule is O=C(NCCc1nc(C(=O)O)cs1)c1cc(O)cc(O)c1. The van der Waals surface area contributed by atoms with E-state index in [0.29, 0.717) is 11.4 Å². The van der Waals surface area contributed by atoms with Crippen LogP contribution in [0.4, 0.5) is 0 Å².